The van der Waals surface area contributed by atoms with Crippen molar-refractivity contribution in [3.63, 3.8) is 0 Å². The maximum Gasteiger partial charge on any atom is 0.141 e. The van der Waals surface area contributed by atoms with Crippen LogP contribution in [0.15, 0.2) is 24.3 Å². The zero-order valence-corrected chi connectivity index (χ0v) is 11.4. The molecule has 6 N–H and O–H groups in total. The first-order chi connectivity index (χ1) is 9.36. The predicted molar refractivity (Wildman–Crippen MR) is 79.0 cm³/mol. The maximum atomic E-state index is 7.48. The summed E-state index contributed by atoms with van der Waals surface area (Å²) < 4.78 is 0. The average molecular weight is 268 g/mol. The van der Waals surface area contributed by atoms with E-state index in [0.717, 1.165) is 11.1 Å². The summed E-state index contributed by atoms with van der Waals surface area (Å²) in [6, 6.07) is 7.21. The van der Waals surface area contributed by atoms with Gasteiger partial charge < -0.3 is 11.5 Å². The fourth-order valence-electron chi connectivity index (χ4n) is 1.87. The average Bonchev–Trinajstić information content (AvgIpc) is 2.37. The van der Waals surface area contributed by atoms with E-state index in [1.807, 2.05) is 26.0 Å². The summed E-state index contributed by atoms with van der Waals surface area (Å²) in [7, 11) is 0. The Bertz CT molecular complexity index is 643. The topological polar surface area (TPSA) is 126 Å². The van der Waals surface area contributed by atoms with Gasteiger partial charge in [0.15, 0.2) is 0 Å². The summed E-state index contributed by atoms with van der Waals surface area (Å²) in [6.45, 7) is 3.80. The number of nitrogens with two attached hydrogens (primary N) is 2. The first kappa shape index (κ1) is 13.7. The third kappa shape index (κ3) is 2.80. The molecule has 2 aromatic heterocycles. The number of aromatic nitrogens is 2. The van der Waals surface area contributed by atoms with Crippen molar-refractivity contribution in [1.82, 2.24) is 9.97 Å². The van der Waals surface area contributed by atoms with Crippen molar-refractivity contribution < 1.29 is 0 Å². The van der Waals surface area contributed by atoms with E-state index in [4.69, 9.17) is 22.3 Å². The first-order valence-corrected chi connectivity index (χ1v) is 6.03. The van der Waals surface area contributed by atoms with Crippen molar-refractivity contribution in [3.05, 3.63) is 46.8 Å². The number of nitrogens with zero attached hydrogens (tertiary/aromatic N) is 2. The third-order valence-electron chi connectivity index (χ3n) is 2.75. The van der Waals surface area contributed by atoms with Crippen LogP contribution in [-0.2, 0) is 0 Å². The molecule has 0 aromatic carbocycles. The fourth-order valence-corrected chi connectivity index (χ4v) is 1.87. The molecule has 0 radical (unpaired) electrons. The van der Waals surface area contributed by atoms with Gasteiger partial charge in [0, 0.05) is 0 Å². The molecular weight excluding hydrogens is 252 g/mol. The van der Waals surface area contributed by atoms with Gasteiger partial charge in [0.05, 0.1) is 11.4 Å². The van der Waals surface area contributed by atoms with Gasteiger partial charge in [-0.15, -0.1) is 0 Å². The number of rotatable bonds is 3. The molecule has 0 unspecified atom stereocenters. The molecule has 0 aliphatic heterocycles. The molecule has 0 atom stereocenters. The largest absolute Gasteiger partial charge is 0.382 e. The molecule has 0 aliphatic rings. The summed E-state index contributed by atoms with van der Waals surface area (Å²) in [6.07, 6.45) is 0. The molecule has 2 rings (SSSR count). The monoisotopic (exact) mass is 268 g/mol. The normalized spacial score (nSPS) is 10.3. The van der Waals surface area contributed by atoms with Gasteiger partial charge >= 0.3 is 0 Å². The van der Waals surface area contributed by atoms with Crippen molar-refractivity contribution >= 4 is 11.7 Å². The molecule has 0 saturated carbocycles. The van der Waals surface area contributed by atoms with Crippen molar-refractivity contribution in [2.45, 2.75) is 13.8 Å². The Morgan fingerprint density at radius 1 is 0.800 bits per heavy atom. The van der Waals surface area contributed by atoms with Gasteiger partial charge in [-0.05, 0) is 49.2 Å². The molecule has 2 heterocycles. The van der Waals surface area contributed by atoms with Gasteiger partial charge in [0.25, 0.3) is 0 Å². The minimum absolute atomic E-state index is 0.0885. The Labute approximate surface area is 116 Å². The Hall–Kier alpha value is -2.76. The number of aryl methyl sites for hydroxylation is 2. The second-order valence-electron chi connectivity index (χ2n) is 4.66. The lowest BCUT2D eigenvalue weighted by Gasteiger charge is -2.08. The zero-order valence-electron chi connectivity index (χ0n) is 11.4. The second-order valence-corrected chi connectivity index (χ2v) is 4.66. The molecule has 0 aliphatic carbocycles. The molecule has 20 heavy (non-hydrogen) atoms. The molecular formula is C14H16N6. The Balaban J connectivity index is 2.62. The summed E-state index contributed by atoms with van der Waals surface area (Å²) >= 11 is 0. The summed E-state index contributed by atoms with van der Waals surface area (Å²) in [4.78, 5) is 8.64. The quantitative estimate of drug-likeness (QED) is 0.494. The van der Waals surface area contributed by atoms with Crippen LogP contribution in [0.5, 0.6) is 0 Å². The Kier molecular flexibility index (Phi) is 3.47. The van der Waals surface area contributed by atoms with Crippen LogP contribution in [0.2, 0.25) is 0 Å². The zero-order chi connectivity index (χ0) is 14.9. The highest BCUT2D eigenvalue weighted by Crippen LogP contribution is 2.19. The lowest BCUT2D eigenvalue weighted by Crippen LogP contribution is -2.15. The smallest absolute Gasteiger partial charge is 0.141 e. The summed E-state index contributed by atoms with van der Waals surface area (Å²) in [5.41, 5.74) is 14.9. The van der Waals surface area contributed by atoms with E-state index >= 15 is 0 Å². The summed E-state index contributed by atoms with van der Waals surface area (Å²) in [5.74, 6) is -0.177. The Morgan fingerprint density at radius 3 is 1.45 bits per heavy atom. The van der Waals surface area contributed by atoms with E-state index < -0.39 is 0 Å². The molecule has 0 amide bonds. The Morgan fingerprint density at radius 2 is 1.15 bits per heavy atom. The predicted octanol–water partition coefficient (Wildman–Crippen LogP) is 1.33. The fraction of sp³-hybridized carbons (Fsp3) is 0.143. The summed E-state index contributed by atoms with van der Waals surface area (Å²) in [5, 5.41) is 15.0. The molecule has 0 spiro atoms. The van der Waals surface area contributed by atoms with Crippen LogP contribution < -0.4 is 11.5 Å². The van der Waals surface area contributed by atoms with Crippen molar-refractivity contribution in [3.8, 4) is 11.4 Å². The molecule has 102 valence electrons. The maximum absolute atomic E-state index is 7.48. The van der Waals surface area contributed by atoms with Gasteiger partial charge in [-0.1, -0.05) is 0 Å². The van der Waals surface area contributed by atoms with Crippen molar-refractivity contribution in [2.75, 3.05) is 0 Å². The number of hydrogen-bond donors (Lipinski definition) is 4. The van der Waals surface area contributed by atoms with Gasteiger partial charge in [-0.2, -0.15) is 0 Å². The van der Waals surface area contributed by atoms with Crippen LogP contribution in [0.1, 0.15) is 22.5 Å². The third-order valence-corrected chi connectivity index (χ3v) is 2.75. The lowest BCUT2D eigenvalue weighted by atomic mass is 10.1. The van der Waals surface area contributed by atoms with Gasteiger partial charge in [-0.25, -0.2) is 9.97 Å². The van der Waals surface area contributed by atoms with Crippen LogP contribution >= 0.6 is 0 Å². The van der Waals surface area contributed by atoms with E-state index in [1.165, 1.54) is 0 Å². The van der Waals surface area contributed by atoms with Crippen LogP contribution in [0, 0.1) is 24.7 Å². The highest BCUT2D eigenvalue weighted by molar-refractivity contribution is 5.94. The standard InChI is InChI=1S/C14H16N6/c1-7-3-9(19-11(5-7)13(15)16)10-4-8(2)6-12(20-10)14(17)18/h3-6H,1-2H3,(H3,15,16)(H3,17,18). The van der Waals surface area contributed by atoms with Crippen molar-refractivity contribution in [2.24, 2.45) is 11.5 Å². The van der Waals surface area contributed by atoms with Crippen LogP contribution in [0.4, 0.5) is 0 Å². The van der Waals surface area contributed by atoms with Gasteiger partial charge in [0.2, 0.25) is 0 Å². The minimum atomic E-state index is -0.0885. The highest BCUT2D eigenvalue weighted by Gasteiger charge is 2.09. The van der Waals surface area contributed by atoms with E-state index in [0.29, 0.717) is 22.8 Å². The number of nitrogen functional groups attached to an aromatic ring is 2. The second kappa shape index (κ2) is 5.08. The number of amidine groups is 2. The van der Waals surface area contributed by atoms with Crippen molar-refractivity contribution in [1.29, 1.82) is 10.8 Å². The highest BCUT2D eigenvalue weighted by atomic mass is 14.9. The molecule has 2 aromatic rings. The molecule has 0 bridgehead atoms. The van der Waals surface area contributed by atoms with E-state index in [1.54, 1.807) is 12.1 Å². The van der Waals surface area contributed by atoms with E-state index in [-0.39, 0.29) is 11.7 Å². The number of nitrogens with one attached hydrogen (secondary N) is 2. The van der Waals surface area contributed by atoms with Gasteiger partial charge in [0.1, 0.15) is 23.1 Å². The van der Waals surface area contributed by atoms with Crippen LogP contribution in [-0.4, -0.2) is 21.6 Å². The SMILES string of the molecule is Cc1cc(C(=N)N)nc(-c2cc(C)cc(C(=N)N)n2)c1. The van der Waals surface area contributed by atoms with Crippen LogP contribution in [0.25, 0.3) is 11.4 Å². The lowest BCUT2D eigenvalue weighted by molar-refractivity contribution is 1.17. The molecule has 6 nitrogen and oxygen atoms in total. The first-order valence-electron chi connectivity index (χ1n) is 6.03. The number of pyridine rings is 2. The number of hydrogen-bond acceptors (Lipinski definition) is 4. The molecule has 0 saturated heterocycles. The minimum Gasteiger partial charge on any atom is -0.382 e. The molecule has 6 heteroatoms. The van der Waals surface area contributed by atoms with Gasteiger partial charge in [-0.3, -0.25) is 10.8 Å². The molecule has 0 fully saturated rings. The van der Waals surface area contributed by atoms with E-state index in [9.17, 15) is 0 Å². The van der Waals surface area contributed by atoms with Crippen LogP contribution in [0.3, 0.4) is 0 Å². The van der Waals surface area contributed by atoms with E-state index in [2.05, 4.69) is 9.97 Å².